The molecule has 1 fully saturated rings. The fourth-order valence-electron chi connectivity index (χ4n) is 6.53. The van der Waals surface area contributed by atoms with Gasteiger partial charge in [0, 0.05) is 21.7 Å². The second kappa shape index (κ2) is 18.1. The molecule has 7 heteroatoms. The Morgan fingerprint density at radius 3 is 2.23 bits per heavy atom. The van der Waals surface area contributed by atoms with Crippen molar-refractivity contribution < 1.29 is 28.6 Å². The molecule has 1 saturated carbocycles. The van der Waals surface area contributed by atoms with Crippen molar-refractivity contribution in [3.05, 3.63) is 107 Å². The molecule has 0 saturated heterocycles. The van der Waals surface area contributed by atoms with Crippen LogP contribution in [0.25, 0.3) is 22.3 Å². The second-order valence-corrected chi connectivity index (χ2v) is 13.4. The molecule has 0 heterocycles. The van der Waals surface area contributed by atoms with Crippen LogP contribution < -0.4 is 0 Å². The Balaban J connectivity index is 1.36. The summed E-state index contributed by atoms with van der Waals surface area (Å²) in [5, 5.41) is 9.69. The van der Waals surface area contributed by atoms with E-state index >= 15 is 4.39 Å². The fourth-order valence-corrected chi connectivity index (χ4v) is 6.83. The third-order valence-electron chi connectivity index (χ3n) is 9.49. The van der Waals surface area contributed by atoms with Crippen molar-refractivity contribution in [2.75, 3.05) is 19.8 Å². The van der Waals surface area contributed by atoms with Gasteiger partial charge in [-0.15, -0.1) is 0 Å². The average molecular weight is 675 g/mol. The predicted octanol–water partition coefficient (Wildman–Crippen LogP) is 10.0. The highest BCUT2D eigenvalue weighted by atomic mass is 35.5. The van der Waals surface area contributed by atoms with E-state index in [4.69, 9.17) is 26.2 Å². The molecule has 1 atom stereocenters. The maximum absolute atomic E-state index is 15.4. The summed E-state index contributed by atoms with van der Waals surface area (Å²) in [6, 6.07) is 19.7. The minimum atomic E-state index is -0.617. The van der Waals surface area contributed by atoms with E-state index in [2.05, 4.69) is 44.3 Å². The number of esters is 2. The molecule has 0 bridgehead atoms. The van der Waals surface area contributed by atoms with Crippen molar-refractivity contribution >= 4 is 23.5 Å². The van der Waals surface area contributed by atoms with Crippen molar-refractivity contribution in [1.82, 2.24) is 0 Å². The molecule has 0 amide bonds. The van der Waals surface area contributed by atoms with Gasteiger partial charge in [-0.2, -0.15) is 0 Å². The van der Waals surface area contributed by atoms with Crippen molar-refractivity contribution in [2.45, 2.75) is 77.6 Å². The van der Waals surface area contributed by atoms with Crippen LogP contribution in [0.4, 0.5) is 4.39 Å². The molecule has 0 spiro atoms. The molecule has 1 aliphatic rings. The first kappa shape index (κ1) is 37.1. The monoisotopic (exact) mass is 674 g/mol. The maximum Gasteiger partial charge on any atom is 0.335 e. The molecular weight excluding hydrogens is 627 g/mol. The molecule has 48 heavy (non-hydrogen) atoms. The summed E-state index contributed by atoms with van der Waals surface area (Å²) in [7, 11) is 0. The number of benzene rings is 3. The number of rotatable bonds is 16. The fraction of sp³-hybridized carbons (Fsp3) is 0.415. The zero-order valence-corrected chi connectivity index (χ0v) is 29.0. The molecule has 4 rings (SSSR count). The Labute approximate surface area is 289 Å². The number of hydrogen-bond acceptors (Lipinski definition) is 5. The van der Waals surface area contributed by atoms with Gasteiger partial charge in [0.25, 0.3) is 0 Å². The van der Waals surface area contributed by atoms with Gasteiger partial charge in [-0.3, -0.25) is 0 Å². The summed E-state index contributed by atoms with van der Waals surface area (Å²) < 4.78 is 26.2. The number of halogens is 2. The Hall–Kier alpha value is -3.74. The highest BCUT2D eigenvalue weighted by molar-refractivity contribution is 6.33. The van der Waals surface area contributed by atoms with Crippen LogP contribution in [0.2, 0.25) is 5.02 Å². The molecule has 3 aromatic rings. The molecule has 5 nitrogen and oxygen atoms in total. The van der Waals surface area contributed by atoms with Gasteiger partial charge < -0.3 is 14.6 Å². The van der Waals surface area contributed by atoms with Gasteiger partial charge in [0.05, 0.1) is 25.4 Å². The lowest BCUT2D eigenvalue weighted by Crippen LogP contribution is -2.27. The number of unbranched alkanes of at least 4 members (excludes halogenated alkanes) is 2. The Kier molecular flexibility index (Phi) is 14.0. The number of carbonyl (C=O) groups excluding carboxylic acids is 2. The normalized spacial score (nSPS) is 16.6. The zero-order valence-electron chi connectivity index (χ0n) is 28.2. The van der Waals surface area contributed by atoms with Gasteiger partial charge in [0.2, 0.25) is 0 Å². The van der Waals surface area contributed by atoms with Crippen LogP contribution in [-0.4, -0.2) is 36.9 Å². The van der Waals surface area contributed by atoms with Crippen molar-refractivity contribution in [3.63, 3.8) is 0 Å². The van der Waals surface area contributed by atoms with Crippen LogP contribution in [-0.2, 0) is 25.5 Å². The van der Waals surface area contributed by atoms with Gasteiger partial charge >= 0.3 is 11.9 Å². The van der Waals surface area contributed by atoms with Gasteiger partial charge in [0.15, 0.2) is 0 Å². The van der Waals surface area contributed by atoms with E-state index in [1.807, 2.05) is 30.3 Å². The zero-order chi connectivity index (χ0) is 34.6. The number of hydrogen-bond donors (Lipinski definition) is 1. The molecule has 0 aliphatic heterocycles. The van der Waals surface area contributed by atoms with Gasteiger partial charge in [-0.25, -0.2) is 14.0 Å². The van der Waals surface area contributed by atoms with Gasteiger partial charge in [-0.05, 0) is 104 Å². The number of aliphatic hydroxyl groups excluding tert-OH is 1. The first-order chi connectivity index (χ1) is 23.1. The van der Waals surface area contributed by atoms with E-state index in [9.17, 15) is 9.59 Å². The van der Waals surface area contributed by atoms with E-state index in [1.165, 1.54) is 24.0 Å². The lowest BCUT2D eigenvalue weighted by Gasteiger charge is -2.34. The third kappa shape index (κ3) is 10.1. The molecule has 1 aliphatic carbocycles. The molecule has 1 N–H and O–H groups in total. The first-order valence-electron chi connectivity index (χ1n) is 17.1. The van der Waals surface area contributed by atoms with Gasteiger partial charge in [-0.1, -0.05) is 93.1 Å². The summed E-state index contributed by atoms with van der Waals surface area (Å²) in [5.41, 5.74) is 5.75. The summed E-state index contributed by atoms with van der Waals surface area (Å²) in [6.07, 6.45) is 8.86. The maximum atomic E-state index is 15.4. The van der Waals surface area contributed by atoms with E-state index in [-0.39, 0.29) is 30.5 Å². The van der Waals surface area contributed by atoms with Crippen molar-refractivity contribution in [2.24, 2.45) is 11.8 Å². The lowest BCUT2D eigenvalue weighted by molar-refractivity contribution is -0.144. The highest BCUT2D eigenvalue weighted by Crippen LogP contribution is 2.41. The van der Waals surface area contributed by atoms with Crippen molar-refractivity contribution in [3.8, 4) is 22.3 Å². The standard InChI is InChI=1S/C41H48ClFO5/c1-5-6-7-8-29-9-19-36(38(42)23-29)37-20-18-34(24-39(37)43)32-14-10-30(11-15-32)31-12-16-33(17-13-31)35(26-48-40(45)27(2)3)21-22-47-41(46)28(4)25-44/h9-11,14-15,18-20,23-24,31,33,35,44H,2,4-8,12-13,16-17,21-22,25-26H2,1,3H3. The van der Waals surface area contributed by atoms with Crippen LogP contribution in [0.15, 0.2) is 85.0 Å². The molecular formula is C41H48ClFO5. The second-order valence-electron chi connectivity index (χ2n) is 13.0. The summed E-state index contributed by atoms with van der Waals surface area (Å²) in [5.74, 6) is -0.607. The first-order valence-corrected chi connectivity index (χ1v) is 17.5. The quantitative estimate of drug-likeness (QED) is 0.0930. The van der Waals surface area contributed by atoms with E-state index in [0.29, 0.717) is 40.0 Å². The highest BCUT2D eigenvalue weighted by Gasteiger charge is 2.29. The molecule has 0 aromatic heterocycles. The van der Waals surface area contributed by atoms with Gasteiger partial charge in [0.1, 0.15) is 5.82 Å². The molecule has 3 aromatic carbocycles. The van der Waals surface area contributed by atoms with E-state index in [1.54, 1.807) is 13.0 Å². The molecule has 1 unspecified atom stereocenters. The topological polar surface area (TPSA) is 72.8 Å². The smallest absolute Gasteiger partial charge is 0.335 e. The average Bonchev–Trinajstić information content (AvgIpc) is 3.09. The Bertz CT molecular complexity index is 1570. The van der Waals surface area contributed by atoms with Crippen LogP contribution in [0, 0.1) is 17.7 Å². The van der Waals surface area contributed by atoms with Crippen LogP contribution in [0.1, 0.15) is 82.3 Å². The number of aryl methyl sites for hydroxylation is 1. The molecule has 256 valence electrons. The van der Waals surface area contributed by atoms with Crippen LogP contribution in [0.3, 0.4) is 0 Å². The van der Waals surface area contributed by atoms with Crippen LogP contribution in [0.5, 0.6) is 0 Å². The third-order valence-corrected chi connectivity index (χ3v) is 9.81. The largest absolute Gasteiger partial charge is 0.462 e. The number of carbonyl (C=O) groups is 2. The summed E-state index contributed by atoms with van der Waals surface area (Å²) >= 11 is 6.59. The lowest BCUT2D eigenvalue weighted by atomic mass is 9.73. The SMILES string of the molecule is C=C(C)C(=O)OCC(CCOC(=O)C(=C)CO)C1CCC(c2ccc(-c3ccc(-c4ccc(CCCCC)cc4Cl)c(F)c3)cc2)CC1. The number of aliphatic hydroxyl groups is 1. The minimum Gasteiger partial charge on any atom is -0.462 e. The summed E-state index contributed by atoms with van der Waals surface area (Å²) in [6.45, 7) is 10.9. The van der Waals surface area contributed by atoms with Crippen LogP contribution >= 0.6 is 11.6 Å². The van der Waals surface area contributed by atoms with E-state index in [0.717, 1.165) is 49.7 Å². The minimum absolute atomic E-state index is 0.0116. The number of ether oxygens (including phenoxy) is 2. The Morgan fingerprint density at radius 2 is 1.60 bits per heavy atom. The van der Waals surface area contributed by atoms with E-state index < -0.39 is 18.5 Å². The summed E-state index contributed by atoms with van der Waals surface area (Å²) in [4.78, 5) is 24.0. The molecule has 0 radical (unpaired) electrons. The van der Waals surface area contributed by atoms with Crippen molar-refractivity contribution in [1.29, 1.82) is 0 Å². The Morgan fingerprint density at radius 1 is 0.917 bits per heavy atom. The predicted molar refractivity (Wildman–Crippen MR) is 191 cm³/mol.